The number of nitrogens with two attached hydrogens (primary N) is 1. The number of benzene rings is 1. The van der Waals surface area contributed by atoms with Crippen molar-refractivity contribution in [2.24, 2.45) is 5.73 Å². The van der Waals surface area contributed by atoms with Crippen molar-refractivity contribution in [2.75, 3.05) is 44.6 Å². The molecule has 1 aromatic carbocycles. The SMILES string of the molecule is NCCN(CCN1CCCC1)C(=O)Nc1ccc(Cl)cc1. The molecule has 0 radical (unpaired) electrons. The number of carbonyl (C=O) groups excluding carboxylic acids is 1. The monoisotopic (exact) mass is 310 g/mol. The summed E-state index contributed by atoms with van der Waals surface area (Å²) in [4.78, 5) is 16.5. The van der Waals surface area contributed by atoms with E-state index in [2.05, 4.69) is 10.2 Å². The molecule has 1 aliphatic heterocycles. The van der Waals surface area contributed by atoms with Crippen LogP contribution < -0.4 is 11.1 Å². The zero-order valence-electron chi connectivity index (χ0n) is 12.2. The first-order chi connectivity index (χ1) is 10.2. The van der Waals surface area contributed by atoms with Crippen molar-refractivity contribution in [1.82, 2.24) is 9.80 Å². The third-order valence-electron chi connectivity index (χ3n) is 3.67. The summed E-state index contributed by atoms with van der Waals surface area (Å²) in [7, 11) is 0. The highest BCUT2D eigenvalue weighted by molar-refractivity contribution is 6.30. The number of carbonyl (C=O) groups is 1. The summed E-state index contributed by atoms with van der Waals surface area (Å²) in [5.74, 6) is 0. The number of likely N-dealkylation sites (tertiary alicyclic amines) is 1. The Balaban J connectivity index is 1.86. The molecular formula is C15H23ClN4O. The molecule has 0 aliphatic carbocycles. The maximum absolute atomic E-state index is 12.3. The van der Waals surface area contributed by atoms with Crippen molar-refractivity contribution in [2.45, 2.75) is 12.8 Å². The average Bonchev–Trinajstić information content (AvgIpc) is 2.99. The van der Waals surface area contributed by atoms with Gasteiger partial charge in [-0.25, -0.2) is 4.79 Å². The van der Waals surface area contributed by atoms with Crippen LogP contribution in [0.1, 0.15) is 12.8 Å². The molecule has 0 saturated carbocycles. The fourth-order valence-corrected chi connectivity index (χ4v) is 2.60. The van der Waals surface area contributed by atoms with Gasteiger partial charge < -0.3 is 20.9 Å². The zero-order chi connectivity index (χ0) is 15.1. The number of urea groups is 1. The molecule has 5 nitrogen and oxygen atoms in total. The number of nitrogens with zero attached hydrogens (tertiary/aromatic N) is 2. The van der Waals surface area contributed by atoms with Gasteiger partial charge in [0.2, 0.25) is 0 Å². The molecule has 1 aromatic rings. The van der Waals surface area contributed by atoms with E-state index >= 15 is 0 Å². The minimum Gasteiger partial charge on any atom is -0.329 e. The molecule has 1 aliphatic rings. The van der Waals surface area contributed by atoms with E-state index in [0.29, 0.717) is 24.7 Å². The van der Waals surface area contributed by atoms with Crippen molar-refractivity contribution in [3.63, 3.8) is 0 Å². The van der Waals surface area contributed by atoms with Gasteiger partial charge in [-0.2, -0.15) is 0 Å². The fraction of sp³-hybridized carbons (Fsp3) is 0.533. The highest BCUT2D eigenvalue weighted by Gasteiger charge is 2.16. The summed E-state index contributed by atoms with van der Waals surface area (Å²) in [5.41, 5.74) is 6.35. The number of rotatable bonds is 6. The molecule has 1 fully saturated rings. The molecule has 0 aromatic heterocycles. The van der Waals surface area contributed by atoms with Crippen LogP contribution in [0, 0.1) is 0 Å². The van der Waals surface area contributed by atoms with Gasteiger partial charge in [-0.3, -0.25) is 0 Å². The number of halogens is 1. The van der Waals surface area contributed by atoms with Gasteiger partial charge in [-0.05, 0) is 50.2 Å². The van der Waals surface area contributed by atoms with Crippen molar-refractivity contribution < 1.29 is 4.79 Å². The molecule has 0 atom stereocenters. The number of anilines is 1. The molecule has 116 valence electrons. The second-order valence-electron chi connectivity index (χ2n) is 5.26. The first-order valence-electron chi connectivity index (χ1n) is 7.43. The lowest BCUT2D eigenvalue weighted by atomic mass is 10.3. The lowest BCUT2D eigenvalue weighted by Crippen LogP contribution is -2.42. The molecule has 2 rings (SSSR count). The van der Waals surface area contributed by atoms with E-state index in [1.807, 2.05) is 0 Å². The number of hydrogen-bond acceptors (Lipinski definition) is 3. The van der Waals surface area contributed by atoms with Gasteiger partial charge in [-0.15, -0.1) is 0 Å². The van der Waals surface area contributed by atoms with Gasteiger partial charge in [0.25, 0.3) is 0 Å². The molecule has 2 amide bonds. The smallest absolute Gasteiger partial charge is 0.321 e. The van der Waals surface area contributed by atoms with E-state index < -0.39 is 0 Å². The third kappa shape index (κ3) is 5.19. The van der Waals surface area contributed by atoms with Crippen LogP contribution in [-0.4, -0.2) is 55.1 Å². The van der Waals surface area contributed by atoms with Crippen molar-refractivity contribution in [1.29, 1.82) is 0 Å². The summed E-state index contributed by atoms with van der Waals surface area (Å²) in [5, 5.41) is 3.54. The van der Waals surface area contributed by atoms with Gasteiger partial charge in [-0.1, -0.05) is 11.6 Å². The minimum atomic E-state index is -0.109. The Morgan fingerprint density at radius 1 is 1.24 bits per heavy atom. The van der Waals surface area contributed by atoms with Gasteiger partial charge in [0.1, 0.15) is 0 Å². The summed E-state index contributed by atoms with van der Waals surface area (Å²) in [6, 6.07) is 6.99. The van der Waals surface area contributed by atoms with Crippen LogP contribution in [0.4, 0.5) is 10.5 Å². The van der Waals surface area contributed by atoms with Crippen LogP contribution in [0.15, 0.2) is 24.3 Å². The van der Waals surface area contributed by atoms with Crippen LogP contribution in [0.5, 0.6) is 0 Å². The number of nitrogens with one attached hydrogen (secondary N) is 1. The maximum atomic E-state index is 12.3. The summed E-state index contributed by atoms with van der Waals surface area (Å²) < 4.78 is 0. The molecule has 1 saturated heterocycles. The highest BCUT2D eigenvalue weighted by atomic mass is 35.5. The summed E-state index contributed by atoms with van der Waals surface area (Å²) in [6.07, 6.45) is 2.52. The van der Waals surface area contributed by atoms with Crippen LogP contribution >= 0.6 is 11.6 Å². The molecule has 3 N–H and O–H groups in total. The Morgan fingerprint density at radius 2 is 1.90 bits per heavy atom. The largest absolute Gasteiger partial charge is 0.329 e. The molecule has 21 heavy (non-hydrogen) atoms. The van der Waals surface area contributed by atoms with E-state index in [1.165, 1.54) is 12.8 Å². The van der Waals surface area contributed by atoms with Gasteiger partial charge in [0.15, 0.2) is 0 Å². The standard InChI is InChI=1S/C15H23ClN4O/c16-13-3-5-14(6-4-13)18-15(21)20(10-7-17)12-11-19-8-1-2-9-19/h3-6H,1-2,7-12,17H2,(H,18,21). The highest BCUT2D eigenvalue weighted by Crippen LogP contribution is 2.14. The topological polar surface area (TPSA) is 61.6 Å². The Kier molecular flexibility index (Phi) is 6.29. The predicted molar refractivity (Wildman–Crippen MR) is 86.8 cm³/mol. The molecule has 6 heteroatoms. The Hall–Kier alpha value is -1.30. The molecule has 0 spiro atoms. The van der Waals surface area contributed by atoms with Crippen molar-refractivity contribution in [3.05, 3.63) is 29.3 Å². The fourth-order valence-electron chi connectivity index (χ4n) is 2.47. The van der Waals surface area contributed by atoms with Crippen LogP contribution in [-0.2, 0) is 0 Å². The number of hydrogen-bond donors (Lipinski definition) is 2. The van der Waals surface area contributed by atoms with Gasteiger partial charge in [0.05, 0.1) is 0 Å². The van der Waals surface area contributed by atoms with E-state index in [-0.39, 0.29) is 6.03 Å². The molecule has 0 unspecified atom stereocenters. The van der Waals surface area contributed by atoms with E-state index in [9.17, 15) is 4.79 Å². The van der Waals surface area contributed by atoms with Crippen molar-refractivity contribution in [3.8, 4) is 0 Å². The average molecular weight is 311 g/mol. The summed E-state index contributed by atoms with van der Waals surface area (Å²) >= 11 is 5.84. The summed E-state index contributed by atoms with van der Waals surface area (Å²) in [6.45, 7) is 4.91. The van der Waals surface area contributed by atoms with E-state index in [4.69, 9.17) is 17.3 Å². The third-order valence-corrected chi connectivity index (χ3v) is 3.92. The lowest BCUT2D eigenvalue weighted by molar-refractivity contribution is 0.202. The predicted octanol–water partition coefficient (Wildman–Crippen LogP) is 2.23. The first kappa shape index (κ1) is 16.1. The molecule has 0 bridgehead atoms. The van der Waals surface area contributed by atoms with Crippen LogP contribution in [0.25, 0.3) is 0 Å². The van der Waals surface area contributed by atoms with Crippen LogP contribution in [0.3, 0.4) is 0 Å². The normalized spacial score (nSPS) is 15.1. The molecule has 1 heterocycles. The second kappa shape index (κ2) is 8.22. The van der Waals surface area contributed by atoms with Gasteiger partial charge in [0, 0.05) is 36.9 Å². The Morgan fingerprint density at radius 3 is 2.52 bits per heavy atom. The van der Waals surface area contributed by atoms with Crippen molar-refractivity contribution >= 4 is 23.3 Å². The Bertz CT molecular complexity index is 445. The van der Waals surface area contributed by atoms with Gasteiger partial charge >= 0.3 is 6.03 Å². The maximum Gasteiger partial charge on any atom is 0.321 e. The zero-order valence-corrected chi connectivity index (χ0v) is 13.0. The van der Waals surface area contributed by atoms with E-state index in [0.717, 1.165) is 25.3 Å². The minimum absolute atomic E-state index is 0.109. The quantitative estimate of drug-likeness (QED) is 0.847. The number of amides is 2. The van der Waals surface area contributed by atoms with E-state index in [1.54, 1.807) is 29.2 Å². The first-order valence-corrected chi connectivity index (χ1v) is 7.81. The second-order valence-corrected chi connectivity index (χ2v) is 5.70. The molecular weight excluding hydrogens is 288 g/mol. The Labute approximate surface area is 131 Å². The lowest BCUT2D eigenvalue weighted by Gasteiger charge is -2.25. The van der Waals surface area contributed by atoms with Crippen LogP contribution in [0.2, 0.25) is 5.02 Å².